The highest BCUT2D eigenvalue weighted by molar-refractivity contribution is 7.18. The number of aromatic nitrogens is 1. The van der Waals surface area contributed by atoms with Gasteiger partial charge in [-0.25, -0.2) is 4.98 Å². The normalized spacial score (nSPS) is 13.6. The Hall–Kier alpha value is -0.640. The second-order valence-corrected chi connectivity index (χ2v) is 5.79. The average molecular weight is 256 g/mol. The fourth-order valence-corrected chi connectivity index (χ4v) is 2.61. The molecular weight excluding hydrogens is 242 g/mol. The molecule has 4 heteroatoms. The maximum atomic E-state index is 9.80. The van der Waals surface area contributed by atoms with Crippen molar-refractivity contribution in [3.05, 3.63) is 28.2 Å². The molecule has 0 fully saturated rings. The summed E-state index contributed by atoms with van der Waals surface area (Å²) in [6, 6.07) is 5.70. The van der Waals surface area contributed by atoms with Crippen LogP contribution in [-0.4, -0.2) is 16.2 Å². The zero-order chi connectivity index (χ0) is 11.7. The number of aliphatic hydroxyl groups excluding tert-OH is 1. The van der Waals surface area contributed by atoms with Gasteiger partial charge in [0.2, 0.25) is 0 Å². The summed E-state index contributed by atoms with van der Waals surface area (Å²) in [7, 11) is 0. The first-order valence-corrected chi connectivity index (χ1v) is 6.48. The van der Waals surface area contributed by atoms with Gasteiger partial charge in [0.25, 0.3) is 0 Å². The fraction of sp³-hybridized carbons (Fsp3) is 0.417. The van der Waals surface area contributed by atoms with E-state index in [1.54, 1.807) is 11.3 Å². The molecule has 0 radical (unpaired) electrons. The van der Waals surface area contributed by atoms with Crippen LogP contribution in [0.1, 0.15) is 18.9 Å². The molecule has 16 heavy (non-hydrogen) atoms. The number of fused-ring (bicyclic) bond motifs is 1. The summed E-state index contributed by atoms with van der Waals surface area (Å²) in [4.78, 5) is 4.47. The predicted octanol–water partition coefficient (Wildman–Crippen LogP) is 3.51. The molecule has 1 atom stereocenters. The molecule has 0 aliphatic carbocycles. The first-order chi connectivity index (χ1) is 7.56. The van der Waals surface area contributed by atoms with E-state index < -0.39 is 0 Å². The van der Waals surface area contributed by atoms with Gasteiger partial charge in [0.1, 0.15) is 0 Å². The summed E-state index contributed by atoms with van der Waals surface area (Å²) in [5.41, 5.74) is 0.920. The zero-order valence-electron chi connectivity index (χ0n) is 9.27. The van der Waals surface area contributed by atoms with Crippen LogP contribution in [-0.2, 0) is 6.42 Å². The molecule has 0 aliphatic rings. The lowest BCUT2D eigenvalue weighted by Gasteiger charge is -2.11. The van der Waals surface area contributed by atoms with Crippen LogP contribution < -0.4 is 0 Å². The third-order valence-electron chi connectivity index (χ3n) is 2.55. The minimum atomic E-state index is -0.323. The Bertz CT molecular complexity index is 495. The van der Waals surface area contributed by atoms with E-state index in [0.717, 1.165) is 15.2 Å². The van der Waals surface area contributed by atoms with E-state index in [9.17, 15) is 5.11 Å². The number of benzene rings is 1. The number of nitrogens with zero attached hydrogens (tertiary/aromatic N) is 1. The van der Waals surface area contributed by atoms with Crippen molar-refractivity contribution in [2.75, 3.05) is 0 Å². The monoisotopic (exact) mass is 255 g/mol. The SMILES string of the molecule is CC(C)C(O)Cc1nc2cc(Cl)ccc2s1. The molecule has 1 aromatic heterocycles. The van der Waals surface area contributed by atoms with Crippen molar-refractivity contribution < 1.29 is 5.11 Å². The van der Waals surface area contributed by atoms with E-state index in [-0.39, 0.29) is 12.0 Å². The van der Waals surface area contributed by atoms with Crippen molar-refractivity contribution in [2.24, 2.45) is 5.92 Å². The Morgan fingerprint density at radius 2 is 2.19 bits per heavy atom. The van der Waals surface area contributed by atoms with E-state index in [2.05, 4.69) is 4.98 Å². The maximum absolute atomic E-state index is 9.80. The molecule has 0 aliphatic heterocycles. The highest BCUT2D eigenvalue weighted by Crippen LogP contribution is 2.26. The topological polar surface area (TPSA) is 33.1 Å². The van der Waals surface area contributed by atoms with Crippen LogP contribution in [0.2, 0.25) is 5.02 Å². The first kappa shape index (κ1) is 11.8. The van der Waals surface area contributed by atoms with Gasteiger partial charge in [0.05, 0.1) is 21.3 Å². The van der Waals surface area contributed by atoms with Gasteiger partial charge in [-0.3, -0.25) is 0 Å². The maximum Gasteiger partial charge on any atom is 0.0964 e. The number of aliphatic hydroxyl groups is 1. The molecule has 1 aromatic carbocycles. The summed E-state index contributed by atoms with van der Waals surface area (Å²) in [6.45, 7) is 4.02. The van der Waals surface area contributed by atoms with Crippen LogP contribution >= 0.6 is 22.9 Å². The second-order valence-electron chi connectivity index (χ2n) is 4.24. The standard InChI is InChI=1S/C12H14ClNOS/c1-7(2)10(15)6-12-14-9-5-8(13)3-4-11(9)16-12/h3-5,7,10,15H,6H2,1-2H3. The van der Waals surface area contributed by atoms with Gasteiger partial charge in [-0.05, 0) is 24.1 Å². The summed E-state index contributed by atoms with van der Waals surface area (Å²) in [5, 5.41) is 11.5. The van der Waals surface area contributed by atoms with E-state index >= 15 is 0 Å². The lowest BCUT2D eigenvalue weighted by Crippen LogP contribution is -2.17. The molecule has 0 saturated carbocycles. The number of hydrogen-bond donors (Lipinski definition) is 1. The van der Waals surface area contributed by atoms with Gasteiger partial charge < -0.3 is 5.11 Å². The van der Waals surface area contributed by atoms with Gasteiger partial charge in [-0.2, -0.15) is 0 Å². The van der Waals surface area contributed by atoms with Crippen LogP contribution in [0, 0.1) is 5.92 Å². The van der Waals surface area contributed by atoms with Crippen molar-refractivity contribution in [1.82, 2.24) is 4.98 Å². The highest BCUT2D eigenvalue weighted by atomic mass is 35.5. The van der Waals surface area contributed by atoms with E-state index in [1.807, 2.05) is 32.0 Å². The Kier molecular flexibility index (Phi) is 3.47. The Labute approximate surface area is 104 Å². The molecule has 0 bridgehead atoms. The summed E-state index contributed by atoms with van der Waals surface area (Å²) in [5.74, 6) is 0.260. The van der Waals surface area contributed by atoms with E-state index in [4.69, 9.17) is 11.6 Å². The average Bonchev–Trinajstić information content (AvgIpc) is 2.58. The lowest BCUT2D eigenvalue weighted by molar-refractivity contribution is 0.125. The molecule has 86 valence electrons. The lowest BCUT2D eigenvalue weighted by atomic mass is 10.1. The molecule has 1 N–H and O–H groups in total. The van der Waals surface area contributed by atoms with E-state index in [0.29, 0.717) is 11.4 Å². The van der Waals surface area contributed by atoms with Crippen LogP contribution in [0.25, 0.3) is 10.2 Å². The Morgan fingerprint density at radius 3 is 2.88 bits per heavy atom. The quantitative estimate of drug-likeness (QED) is 0.911. The summed E-state index contributed by atoms with van der Waals surface area (Å²) >= 11 is 7.52. The van der Waals surface area contributed by atoms with Gasteiger partial charge >= 0.3 is 0 Å². The third-order valence-corrected chi connectivity index (χ3v) is 3.84. The zero-order valence-corrected chi connectivity index (χ0v) is 10.8. The van der Waals surface area contributed by atoms with Crippen molar-refractivity contribution in [1.29, 1.82) is 0 Å². The predicted molar refractivity (Wildman–Crippen MR) is 69.2 cm³/mol. The summed E-state index contributed by atoms with van der Waals surface area (Å²) in [6.07, 6.45) is 0.297. The fourth-order valence-electron chi connectivity index (χ4n) is 1.45. The highest BCUT2D eigenvalue weighted by Gasteiger charge is 2.13. The molecule has 2 rings (SSSR count). The van der Waals surface area contributed by atoms with Crippen LogP contribution in [0.5, 0.6) is 0 Å². The second kappa shape index (κ2) is 4.70. The molecule has 0 saturated heterocycles. The Morgan fingerprint density at radius 1 is 1.44 bits per heavy atom. The van der Waals surface area contributed by atoms with Crippen molar-refractivity contribution in [3.8, 4) is 0 Å². The van der Waals surface area contributed by atoms with Gasteiger partial charge in [0, 0.05) is 11.4 Å². The molecule has 2 aromatic rings. The first-order valence-electron chi connectivity index (χ1n) is 5.29. The molecule has 2 nitrogen and oxygen atoms in total. The number of halogens is 1. The number of rotatable bonds is 3. The number of thiazole rings is 1. The van der Waals surface area contributed by atoms with Crippen molar-refractivity contribution >= 4 is 33.2 Å². The van der Waals surface area contributed by atoms with Gasteiger partial charge in [-0.1, -0.05) is 25.4 Å². The molecule has 0 amide bonds. The Balaban J connectivity index is 2.26. The minimum Gasteiger partial charge on any atom is -0.392 e. The largest absolute Gasteiger partial charge is 0.392 e. The third kappa shape index (κ3) is 2.54. The van der Waals surface area contributed by atoms with Crippen molar-refractivity contribution in [3.63, 3.8) is 0 Å². The minimum absolute atomic E-state index is 0.260. The van der Waals surface area contributed by atoms with Gasteiger partial charge in [0.15, 0.2) is 0 Å². The molecule has 0 spiro atoms. The van der Waals surface area contributed by atoms with Gasteiger partial charge in [-0.15, -0.1) is 11.3 Å². The van der Waals surface area contributed by atoms with Crippen LogP contribution in [0.3, 0.4) is 0 Å². The van der Waals surface area contributed by atoms with E-state index in [1.165, 1.54) is 0 Å². The molecular formula is C12H14ClNOS. The smallest absolute Gasteiger partial charge is 0.0964 e. The summed E-state index contributed by atoms with van der Waals surface area (Å²) < 4.78 is 1.12. The molecule has 1 heterocycles. The number of hydrogen-bond acceptors (Lipinski definition) is 3. The van der Waals surface area contributed by atoms with Crippen molar-refractivity contribution in [2.45, 2.75) is 26.4 Å². The van der Waals surface area contributed by atoms with Crippen LogP contribution in [0.4, 0.5) is 0 Å². The molecule has 1 unspecified atom stereocenters. The van der Waals surface area contributed by atoms with Crippen LogP contribution in [0.15, 0.2) is 18.2 Å².